The third kappa shape index (κ3) is 3.06. The Kier molecular flexibility index (Phi) is 4.31. The highest BCUT2D eigenvalue weighted by molar-refractivity contribution is 7.92. The van der Waals surface area contributed by atoms with Gasteiger partial charge in [-0.2, -0.15) is 0 Å². The summed E-state index contributed by atoms with van der Waals surface area (Å²) in [6, 6.07) is 2.91. The van der Waals surface area contributed by atoms with Crippen LogP contribution in [0.25, 0.3) is 0 Å². The van der Waals surface area contributed by atoms with Gasteiger partial charge in [-0.25, -0.2) is 17.6 Å². The van der Waals surface area contributed by atoms with E-state index >= 15 is 0 Å². The highest BCUT2D eigenvalue weighted by atomic mass is 32.2. The number of sulfonamides is 1. The first-order valence-corrected chi connectivity index (χ1v) is 9.58. The minimum absolute atomic E-state index is 0.0253. The Labute approximate surface area is 135 Å². The number of carbonyl (C=O) groups is 1. The predicted molar refractivity (Wildman–Crippen MR) is 84.9 cm³/mol. The topological polar surface area (TPSA) is 74.7 Å². The van der Waals surface area contributed by atoms with Gasteiger partial charge >= 0.3 is 5.97 Å². The van der Waals surface area contributed by atoms with Crippen LogP contribution in [0.1, 0.15) is 60.4 Å². The second-order valence-electron chi connectivity index (χ2n) is 6.28. The highest BCUT2D eigenvalue weighted by Crippen LogP contribution is 2.38. The normalized spacial score (nSPS) is 21.5. The van der Waals surface area contributed by atoms with Crippen LogP contribution in [0.3, 0.4) is 0 Å². The lowest BCUT2D eigenvalue weighted by atomic mass is 9.95. The molecule has 1 saturated carbocycles. The molecule has 1 N–H and O–H groups in total. The molecular weight excluding hydrogens is 321 g/mol. The van der Waals surface area contributed by atoms with Crippen LogP contribution in [-0.4, -0.2) is 31.8 Å². The fourth-order valence-corrected chi connectivity index (χ4v) is 5.15. The highest BCUT2D eigenvalue weighted by Gasteiger charge is 2.31. The van der Waals surface area contributed by atoms with E-state index in [2.05, 4.69) is 0 Å². The minimum Gasteiger partial charge on any atom is -0.478 e. The first kappa shape index (κ1) is 16.2. The first-order chi connectivity index (χ1) is 10.9. The molecule has 0 unspecified atom stereocenters. The maximum Gasteiger partial charge on any atom is 0.338 e. The molecule has 1 aromatic carbocycles. The number of benzene rings is 1. The number of nitrogens with zero attached hydrogens (tertiary/aromatic N) is 1. The minimum atomic E-state index is -3.58. The molecule has 5 nitrogen and oxygen atoms in total. The zero-order valence-electron chi connectivity index (χ0n) is 12.8. The lowest BCUT2D eigenvalue weighted by Crippen LogP contribution is -2.38. The van der Waals surface area contributed by atoms with E-state index in [-0.39, 0.29) is 23.9 Å². The van der Waals surface area contributed by atoms with Gasteiger partial charge in [0.15, 0.2) is 5.82 Å². The number of hydrogen-bond donors (Lipinski definition) is 1. The summed E-state index contributed by atoms with van der Waals surface area (Å²) >= 11 is 0. The average molecular weight is 341 g/mol. The molecule has 1 aliphatic carbocycles. The summed E-state index contributed by atoms with van der Waals surface area (Å²) in [4.78, 5) is 11.4. The zero-order chi connectivity index (χ0) is 16.6. The van der Waals surface area contributed by atoms with Crippen LogP contribution >= 0.6 is 0 Å². The van der Waals surface area contributed by atoms with Crippen LogP contribution in [0.15, 0.2) is 12.1 Å². The van der Waals surface area contributed by atoms with Crippen molar-refractivity contribution in [2.75, 3.05) is 16.6 Å². The largest absolute Gasteiger partial charge is 0.478 e. The first-order valence-electron chi connectivity index (χ1n) is 7.97. The van der Waals surface area contributed by atoms with Crippen molar-refractivity contribution in [1.29, 1.82) is 0 Å². The summed E-state index contributed by atoms with van der Waals surface area (Å²) in [7, 11) is -3.58. The van der Waals surface area contributed by atoms with Gasteiger partial charge in [-0.05, 0) is 49.3 Å². The summed E-state index contributed by atoms with van der Waals surface area (Å²) in [5.41, 5.74) is 0.189. The van der Waals surface area contributed by atoms with E-state index in [0.29, 0.717) is 12.8 Å². The van der Waals surface area contributed by atoms with E-state index in [0.717, 1.165) is 35.6 Å². The lowest BCUT2D eigenvalue weighted by Gasteiger charge is -2.29. The maximum absolute atomic E-state index is 14.6. The summed E-state index contributed by atoms with van der Waals surface area (Å²) in [6.45, 7) is 0.201. The van der Waals surface area contributed by atoms with Gasteiger partial charge in [0.2, 0.25) is 10.0 Å². The summed E-state index contributed by atoms with van der Waals surface area (Å²) in [5, 5.41) is 9.28. The number of halogens is 1. The summed E-state index contributed by atoms with van der Waals surface area (Å²) in [6.07, 6.45) is 5.17. The van der Waals surface area contributed by atoms with Gasteiger partial charge in [0.05, 0.1) is 17.0 Å². The van der Waals surface area contributed by atoms with Gasteiger partial charge in [0, 0.05) is 6.54 Å². The van der Waals surface area contributed by atoms with Crippen molar-refractivity contribution in [3.8, 4) is 0 Å². The molecule has 0 bridgehead atoms. The Morgan fingerprint density at radius 2 is 1.87 bits per heavy atom. The van der Waals surface area contributed by atoms with E-state index in [9.17, 15) is 22.7 Å². The SMILES string of the molecule is O=C(O)c1cc(C2CCCC2)cc(N2CCCCS2(=O)=O)c1F. The number of carboxylic acid groups (broad SMARTS) is 1. The molecule has 0 atom stereocenters. The lowest BCUT2D eigenvalue weighted by molar-refractivity contribution is 0.0691. The molecule has 0 aromatic heterocycles. The van der Waals surface area contributed by atoms with Gasteiger partial charge in [0.1, 0.15) is 0 Å². The molecular formula is C16H20FNO4S. The van der Waals surface area contributed by atoms with Crippen LogP contribution in [0.4, 0.5) is 10.1 Å². The molecule has 23 heavy (non-hydrogen) atoms. The fraction of sp³-hybridized carbons (Fsp3) is 0.562. The van der Waals surface area contributed by atoms with Gasteiger partial charge in [-0.1, -0.05) is 12.8 Å². The van der Waals surface area contributed by atoms with Crippen LogP contribution in [0.2, 0.25) is 0 Å². The quantitative estimate of drug-likeness (QED) is 0.917. The smallest absolute Gasteiger partial charge is 0.338 e. The number of rotatable bonds is 3. The van der Waals surface area contributed by atoms with E-state index in [4.69, 9.17) is 0 Å². The number of anilines is 1. The Hall–Kier alpha value is -1.63. The summed E-state index contributed by atoms with van der Waals surface area (Å²) < 4.78 is 40.2. The molecule has 1 aliphatic heterocycles. The number of aromatic carboxylic acids is 1. The Balaban J connectivity index is 2.12. The van der Waals surface area contributed by atoms with Gasteiger partial charge in [-0.15, -0.1) is 0 Å². The van der Waals surface area contributed by atoms with Gasteiger partial charge in [0.25, 0.3) is 0 Å². The van der Waals surface area contributed by atoms with E-state index < -0.39 is 27.4 Å². The van der Waals surface area contributed by atoms with Crippen LogP contribution in [0.5, 0.6) is 0 Å². The number of carboxylic acids is 1. The standard InChI is InChI=1S/C16H20FNO4S/c17-15-13(16(19)20)9-12(11-5-1-2-6-11)10-14(15)18-7-3-4-8-23(18,21)22/h9-11H,1-8H2,(H,19,20). The third-order valence-electron chi connectivity index (χ3n) is 4.75. The van der Waals surface area contributed by atoms with Crippen molar-refractivity contribution < 1.29 is 22.7 Å². The Morgan fingerprint density at radius 1 is 1.17 bits per heavy atom. The van der Waals surface area contributed by atoms with Gasteiger partial charge in [-0.3, -0.25) is 4.31 Å². The molecule has 0 spiro atoms. The molecule has 126 valence electrons. The van der Waals surface area contributed by atoms with Crippen molar-refractivity contribution in [3.05, 3.63) is 29.1 Å². The molecule has 2 fully saturated rings. The van der Waals surface area contributed by atoms with Crippen molar-refractivity contribution >= 4 is 21.7 Å². The second-order valence-corrected chi connectivity index (χ2v) is 8.30. The molecule has 1 aromatic rings. The zero-order valence-corrected chi connectivity index (χ0v) is 13.6. The Morgan fingerprint density at radius 3 is 2.48 bits per heavy atom. The molecule has 0 radical (unpaired) electrons. The van der Waals surface area contributed by atoms with Crippen LogP contribution < -0.4 is 4.31 Å². The van der Waals surface area contributed by atoms with Crippen molar-refractivity contribution in [2.45, 2.75) is 44.4 Å². The monoisotopic (exact) mass is 341 g/mol. The van der Waals surface area contributed by atoms with E-state index in [1.165, 1.54) is 6.07 Å². The van der Waals surface area contributed by atoms with E-state index in [1.807, 2.05) is 0 Å². The van der Waals surface area contributed by atoms with Crippen molar-refractivity contribution in [3.63, 3.8) is 0 Å². The molecule has 3 rings (SSSR count). The summed E-state index contributed by atoms with van der Waals surface area (Å²) in [5.74, 6) is -2.16. The van der Waals surface area contributed by atoms with Crippen molar-refractivity contribution in [2.24, 2.45) is 0 Å². The number of hydrogen-bond acceptors (Lipinski definition) is 3. The van der Waals surface area contributed by atoms with Gasteiger partial charge < -0.3 is 5.11 Å². The Bertz CT molecular complexity index is 726. The predicted octanol–water partition coefficient (Wildman–Crippen LogP) is 3.11. The molecule has 0 amide bonds. The molecule has 1 saturated heterocycles. The second kappa shape index (κ2) is 6.11. The third-order valence-corrected chi connectivity index (χ3v) is 6.61. The average Bonchev–Trinajstić information content (AvgIpc) is 3.01. The fourth-order valence-electron chi connectivity index (χ4n) is 3.52. The molecule has 2 aliphatic rings. The maximum atomic E-state index is 14.6. The van der Waals surface area contributed by atoms with E-state index in [1.54, 1.807) is 6.07 Å². The van der Waals surface area contributed by atoms with Crippen molar-refractivity contribution in [1.82, 2.24) is 0 Å². The molecule has 7 heteroatoms. The van der Waals surface area contributed by atoms with Crippen LogP contribution in [-0.2, 0) is 10.0 Å². The van der Waals surface area contributed by atoms with Crippen LogP contribution in [0, 0.1) is 5.82 Å². The molecule has 1 heterocycles.